The van der Waals surface area contributed by atoms with Crippen molar-refractivity contribution >= 4 is 5.91 Å². The highest BCUT2D eigenvalue weighted by atomic mass is 16.5. The summed E-state index contributed by atoms with van der Waals surface area (Å²) < 4.78 is 7.07. The molecule has 0 unspecified atom stereocenters. The molecule has 0 saturated heterocycles. The van der Waals surface area contributed by atoms with Crippen LogP contribution >= 0.6 is 0 Å². The molecule has 16 heavy (non-hydrogen) atoms. The van der Waals surface area contributed by atoms with Gasteiger partial charge in [-0.15, -0.1) is 0 Å². The fourth-order valence-electron chi connectivity index (χ4n) is 1.28. The van der Waals surface area contributed by atoms with Crippen molar-refractivity contribution in [3.05, 3.63) is 18.2 Å². The fraction of sp³-hybridized carbons (Fsp3) is 0.600. The van der Waals surface area contributed by atoms with Crippen LogP contribution in [0.15, 0.2) is 12.4 Å². The number of hydrogen-bond acceptors (Lipinski definition) is 4. The molecular weight excluding hydrogens is 208 g/mol. The molecule has 1 amide bonds. The summed E-state index contributed by atoms with van der Waals surface area (Å²) in [7, 11) is 0. The van der Waals surface area contributed by atoms with Gasteiger partial charge in [0.15, 0.2) is 0 Å². The van der Waals surface area contributed by atoms with Crippen LogP contribution in [0.25, 0.3) is 0 Å². The third kappa shape index (κ3) is 4.90. The number of aryl methyl sites for hydroxylation is 1. The molecule has 1 aromatic rings. The number of nitrogens with two attached hydrogens (primary N) is 1. The maximum absolute atomic E-state index is 10.3. The Balaban J connectivity index is 1.96. The van der Waals surface area contributed by atoms with E-state index in [2.05, 4.69) is 14.9 Å². The number of aromatic nitrogens is 2. The first-order chi connectivity index (χ1) is 7.70. The van der Waals surface area contributed by atoms with Crippen LogP contribution in [0, 0.1) is 6.92 Å². The van der Waals surface area contributed by atoms with Gasteiger partial charge >= 0.3 is 0 Å². The van der Waals surface area contributed by atoms with E-state index in [1.165, 1.54) is 0 Å². The molecule has 0 aromatic carbocycles. The van der Waals surface area contributed by atoms with Crippen LogP contribution in [-0.2, 0) is 16.1 Å². The first-order valence-corrected chi connectivity index (χ1v) is 5.24. The minimum Gasteiger partial charge on any atom is -0.370 e. The smallest absolute Gasteiger partial charge is 0.243 e. The number of carbonyl (C=O) groups excluding carboxylic acids is 1. The van der Waals surface area contributed by atoms with Crippen LogP contribution in [0.5, 0.6) is 0 Å². The number of nitrogens with zero attached hydrogens (tertiary/aromatic N) is 2. The maximum Gasteiger partial charge on any atom is 0.243 e. The third-order valence-corrected chi connectivity index (χ3v) is 2.12. The Kier molecular flexibility index (Phi) is 5.52. The fourth-order valence-corrected chi connectivity index (χ4v) is 1.28. The quantitative estimate of drug-likeness (QED) is 0.573. The van der Waals surface area contributed by atoms with Crippen molar-refractivity contribution in [2.24, 2.45) is 5.73 Å². The number of imidazole rings is 1. The lowest BCUT2D eigenvalue weighted by molar-refractivity contribution is -0.122. The number of amides is 1. The van der Waals surface area contributed by atoms with Gasteiger partial charge in [0.1, 0.15) is 12.4 Å². The molecule has 3 N–H and O–H groups in total. The van der Waals surface area contributed by atoms with Crippen molar-refractivity contribution in [3.8, 4) is 0 Å². The average molecular weight is 226 g/mol. The molecule has 0 aliphatic rings. The molecule has 0 aliphatic carbocycles. The van der Waals surface area contributed by atoms with E-state index in [0.29, 0.717) is 13.2 Å². The zero-order valence-electron chi connectivity index (χ0n) is 9.48. The zero-order chi connectivity index (χ0) is 11.8. The van der Waals surface area contributed by atoms with E-state index in [-0.39, 0.29) is 6.61 Å². The standard InChI is InChI=1S/C10H18N4O2/c1-9-13-3-6-14(9)5-2-12-4-7-16-8-10(11)15/h3,6,12H,2,4-5,7-8H2,1H3,(H2,11,15). The molecule has 0 saturated carbocycles. The van der Waals surface area contributed by atoms with Gasteiger partial charge in [0.25, 0.3) is 0 Å². The summed E-state index contributed by atoms with van der Waals surface area (Å²) in [4.78, 5) is 14.5. The van der Waals surface area contributed by atoms with Gasteiger partial charge in [-0.2, -0.15) is 0 Å². The van der Waals surface area contributed by atoms with Crippen molar-refractivity contribution in [2.75, 3.05) is 26.3 Å². The third-order valence-electron chi connectivity index (χ3n) is 2.12. The Hall–Kier alpha value is -1.40. The second-order valence-electron chi connectivity index (χ2n) is 3.44. The largest absolute Gasteiger partial charge is 0.370 e. The van der Waals surface area contributed by atoms with E-state index in [0.717, 1.165) is 18.9 Å². The van der Waals surface area contributed by atoms with Gasteiger partial charge in [-0.1, -0.05) is 0 Å². The molecule has 0 radical (unpaired) electrons. The number of hydrogen-bond donors (Lipinski definition) is 2. The maximum atomic E-state index is 10.3. The van der Waals surface area contributed by atoms with E-state index in [9.17, 15) is 4.79 Å². The van der Waals surface area contributed by atoms with E-state index in [1.807, 2.05) is 13.1 Å². The van der Waals surface area contributed by atoms with Crippen LogP contribution in [0.1, 0.15) is 5.82 Å². The van der Waals surface area contributed by atoms with Crippen LogP contribution in [0.3, 0.4) is 0 Å². The van der Waals surface area contributed by atoms with Crippen LogP contribution in [-0.4, -0.2) is 41.8 Å². The average Bonchev–Trinajstić information content (AvgIpc) is 2.62. The first kappa shape index (κ1) is 12.7. The molecule has 0 fully saturated rings. The molecule has 1 rings (SSSR count). The summed E-state index contributed by atoms with van der Waals surface area (Å²) in [5.74, 6) is 0.570. The molecule has 1 aromatic heterocycles. The first-order valence-electron chi connectivity index (χ1n) is 5.24. The number of carbonyl (C=O) groups is 1. The van der Waals surface area contributed by atoms with E-state index < -0.39 is 5.91 Å². The van der Waals surface area contributed by atoms with E-state index >= 15 is 0 Å². The van der Waals surface area contributed by atoms with Crippen LogP contribution < -0.4 is 11.1 Å². The molecule has 1 heterocycles. The van der Waals surface area contributed by atoms with Gasteiger partial charge in [-0.05, 0) is 6.92 Å². The van der Waals surface area contributed by atoms with Gasteiger partial charge in [-0.25, -0.2) is 4.98 Å². The highest BCUT2D eigenvalue weighted by Crippen LogP contribution is 1.92. The SMILES string of the molecule is Cc1nccn1CCNCCOCC(N)=O. The van der Waals surface area contributed by atoms with Crippen molar-refractivity contribution in [2.45, 2.75) is 13.5 Å². The molecule has 90 valence electrons. The van der Waals surface area contributed by atoms with Crippen molar-refractivity contribution < 1.29 is 9.53 Å². The Labute approximate surface area is 94.8 Å². The van der Waals surface area contributed by atoms with Crippen LogP contribution in [0.4, 0.5) is 0 Å². The molecule has 6 heteroatoms. The summed E-state index contributed by atoms with van der Waals surface area (Å²) in [6.07, 6.45) is 3.73. The summed E-state index contributed by atoms with van der Waals surface area (Å²) >= 11 is 0. The minimum atomic E-state index is -0.436. The zero-order valence-corrected chi connectivity index (χ0v) is 9.48. The van der Waals surface area contributed by atoms with Gasteiger partial charge in [0, 0.05) is 32.0 Å². The summed E-state index contributed by atoms with van der Waals surface area (Å²) in [6, 6.07) is 0. The number of primary amides is 1. The lowest BCUT2D eigenvalue weighted by Gasteiger charge is -2.07. The predicted octanol–water partition coefficient (Wildman–Crippen LogP) is -0.717. The summed E-state index contributed by atoms with van der Waals surface area (Å²) in [5.41, 5.74) is 4.92. The van der Waals surface area contributed by atoms with Gasteiger partial charge in [0.05, 0.1) is 6.61 Å². The van der Waals surface area contributed by atoms with E-state index in [1.54, 1.807) is 6.20 Å². The number of nitrogens with one attached hydrogen (secondary N) is 1. The molecular formula is C10H18N4O2. The highest BCUT2D eigenvalue weighted by Gasteiger charge is 1.96. The lowest BCUT2D eigenvalue weighted by Crippen LogP contribution is -2.26. The molecule has 0 bridgehead atoms. The second kappa shape index (κ2) is 6.97. The Morgan fingerprint density at radius 3 is 3.06 bits per heavy atom. The molecule has 0 atom stereocenters. The highest BCUT2D eigenvalue weighted by molar-refractivity contribution is 5.74. The number of rotatable bonds is 8. The second-order valence-corrected chi connectivity index (χ2v) is 3.44. The summed E-state index contributed by atoms with van der Waals surface area (Å²) in [6.45, 7) is 4.88. The van der Waals surface area contributed by atoms with Gasteiger partial charge < -0.3 is 20.4 Å². The normalized spacial score (nSPS) is 10.6. The Bertz CT molecular complexity index is 324. The summed E-state index contributed by atoms with van der Waals surface area (Å²) in [5, 5.41) is 3.20. The topological polar surface area (TPSA) is 82.2 Å². The number of ether oxygens (including phenoxy) is 1. The van der Waals surface area contributed by atoms with Gasteiger partial charge in [0.2, 0.25) is 5.91 Å². The predicted molar refractivity (Wildman–Crippen MR) is 59.8 cm³/mol. The Morgan fingerprint density at radius 2 is 2.44 bits per heavy atom. The molecule has 6 nitrogen and oxygen atoms in total. The monoisotopic (exact) mass is 226 g/mol. The molecule has 0 spiro atoms. The van der Waals surface area contributed by atoms with Crippen LogP contribution in [0.2, 0.25) is 0 Å². The van der Waals surface area contributed by atoms with E-state index in [4.69, 9.17) is 10.5 Å². The van der Waals surface area contributed by atoms with Crippen molar-refractivity contribution in [3.63, 3.8) is 0 Å². The Morgan fingerprint density at radius 1 is 1.62 bits per heavy atom. The minimum absolute atomic E-state index is 0.0116. The van der Waals surface area contributed by atoms with Gasteiger partial charge in [-0.3, -0.25) is 4.79 Å². The van der Waals surface area contributed by atoms with Crippen molar-refractivity contribution in [1.82, 2.24) is 14.9 Å². The molecule has 0 aliphatic heterocycles. The van der Waals surface area contributed by atoms with Crippen molar-refractivity contribution in [1.29, 1.82) is 0 Å². The lowest BCUT2D eigenvalue weighted by atomic mass is 10.5.